The van der Waals surface area contributed by atoms with Crippen LogP contribution in [0.4, 0.5) is 4.79 Å². The first-order valence-electron chi connectivity index (χ1n) is 14.2. The van der Waals surface area contributed by atoms with Crippen LogP contribution in [0.1, 0.15) is 66.6 Å². The Hall–Kier alpha value is -4.05. The van der Waals surface area contributed by atoms with E-state index in [1.165, 1.54) is 11.5 Å². The zero-order valence-corrected chi connectivity index (χ0v) is 25.8. The van der Waals surface area contributed by atoms with Crippen molar-refractivity contribution in [2.75, 3.05) is 19.6 Å². The molecule has 222 valence electrons. The molecule has 0 aliphatic heterocycles. The molecular formula is C32H39N5O4S. The third-order valence-electron chi connectivity index (χ3n) is 6.72. The first-order valence-corrected chi connectivity index (χ1v) is 15.0. The Morgan fingerprint density at radius 2 is 1.69 bits per heavy atom. The summed E-state index contributed by atoms with van der Waals surface area (Å²) in [4.78, 5) is 46.4. The predicted molar refractivity (Wildman–Crippen MR) is 166 cm³/mol. The summed E-state index contributed by atoms with van der Waals surface area (Å²) >= 11 is 1.24. The van der Waals surface area contributed by atoms with Gasteiger partial charge in [-0.3, -0.25) is 14.2 Å². The Bertz CT molecular complexity index is 1570. The normalized spacial score (nSPS) is 11.5. The summed E-state index contributed by atoms with van der Waals surface area (Å²) in [6, 6.07) is 17.4. The van der Waals surface area contributed by atoms with E-state index in [-0.39, 0.29) is 11.5 Å². The fraction of sp³-hybridized carbons (Fsp3) is 0.406. The molecule has 0 radical (unpaired) electrons. The van der Waals surface area contributed by atoms with Crippen LogP contribution in [0.5, 0.6) is 0 Å². The minimum absolute atomic E-state index is 0.0737. The summed E-state index contributed by atoms with van der Waals surface area (Å²) in [5.41, 5.74) is 2.73. The summed E-state index contributed by atoms with van der Waals surface area (Å²) in [5, 5.41) is 3.33. The minimum atomic E-state index is -0.576. The number of fused-ring (bicyclic) bond motifs is 1. The van der Waals surface area contributed by atoms with Gasteiger partial charge in [-0.25, -0.2) is 9.78 Å². The zero-order valence-electron chi connectivity index (χ0n) is 25.0. The van der Waals surface area contributed by atoms with Crippen LogP contribution in [0.2, 0.25) is 0 Å². The standard InChI is InChI=1S/C32H39N5O4S/c1-22-14-16-25(17-15-22)29(38)36(20-10-18-33-31(40)41-32(3,4)5)19-9-13-26-34-28-27(23(2)35-42-28)30(39)37(26)21-24-11-7-6-8-12-24/h6-8,11-12,14-17H,9-10,13,18-21H2,1-5H3,(H,33,40). The van der Waals surface area contributed by atoms with Gasteiger partial charge in [0.05, 0.1) is 17.6 Å². The van der Waals surface area contributed by atoms with Crippen molar-refractivity contribution in [1.82, 2.24) is 24.1 Å². The highest BCUT2D eigenvalue weighted by atomic mass is 32.1. The Balaban J connectivity index is 1.49. The fourth-order valence-electron chi connectivity index (χ4n) is 4.63. The number of nitrogens with one attached hydrogen (secondary N) is 1. The van der Waals surface area contributed by atoms with Gasteiger partial charge in [0.25, 0.3) is 11.5 Å². The van der Waals surface area contributed by atoms with Crippen LogP contribution in [0.3, 0.4) is 0 Å². The average molecular weight is 590 g/mol. The third kappa shape index (κ3) is 8.25. The first kappa shape index (κ1) is 30.9. The summed E-state index contributed by atoms with van der Waals surface area (Å²) in [6.07, 6.45) is 1.22. The molecule has 4 aromatic rings. The smallest absolute Gasteiger partial charge is 0.407 e. The number of benzene rings is 2. The van der Waals surface area contributed by atoms with Gasteiger partial charge in [0.15, 0.2) is 4.83 Å². The van der Waals surface area contributed by atoms with Crippen molar-refractivity contribution in [3.8, 4) is 0 Å². The van der Waals surface area contributed by atoms with Crippen LogP contribution < -0.4 is 10.9 Å². The van der Waals surface area contributed by atoms with Crippen LogP contribution in [0.25, 0.3) is 10.2 Å². The van der Waals surface area contributed by atoms with E-state index in [1.54, 1.807) is 9.47 Å². The third-order valence-corrected chi connectivity index (χ3v) is 7.55. The van der Waals surface area contributed by atoms with Gasteiger partial charge in [-0.05, 0) is 76.7 Å². The number of hydrogen-bond acceptors (Lipinski definition) is 7. The molecule has 2 aromatic carbocycles. The van der Waals surface area contributed by atoms with Crippen molar-refractivity contribution in [3.05, 3.63) is 93.2 Å². The summed E-state index contributed by atoms with van der Waals surface area (Å²) in [6.45, 7) is 11.0. The molecule has 1 N–H and O–H groups in total. The first-order chi connectivity index (χ1) is 20.0. The number of rotatable bonds is 11. The molecule has 42 heavy (non-hydrogen) atoms. The van der Waals surface area contributed by atoms with Gasteiger partial charge in [-0.15, -0.1) is 0 Å². The highest BCUT2D eigenvalue weighted by Crippen LogP contribution is 2.19. The largest absolute Gasteiger partial charge is 0.444 e. The van der Waals surface area contributed by atoms with Gasteiger partial charge in [0.1, 0.15) is 11.4 Å². The van der Waals surface area contributed by atoms with E-state index in [0.29, 0.717) is 72.7 Å². The fourth-order valence-corrected chi connectivity index (χ4v) is 5.41. The average Bonchev–Trinajstić information content (AvgIpc) is 3.32. The molecule has 4 rings (SSSR count). The van der Waals surface area contributed by atoms with Gasteiger partial charge in [-0.1, -0.05) is 48.0 Å². The number of ether oxygens (including phenoxy) is 1. The SMILES string of the molecule is Cc1ccc(C(=O)N(CCCNC(=O)OC(C)(C)C)CCCc2nc3snc(C)c3c(=O)n2Cc2ccccc2)cc1. The monoisotopic (exact) mass is 589 g/mol. The number of amides is 2. The maximum atomic E-state index is 13.5. The van der Waals surface area contributed by atoms with Crippen LogP contribution >= 0.6 is 11.5 Å². The highest BCUT2D eigenvalue weighted by Gasteiger charge is 2.19. The Morgan fingerprint density at radius 3 is 2.38 bits per heavy atom. The van der Waals surface area contributed by atoms with Crippen LogP contribution in [0, 0.1) is 13.8 Å². The maximum Gasteiger partial charge on any atom is 0.407 e. The van der Waals surface area contributed by atoms with Crippen molar-refractivity contribution in [3.63, 3.8) is 0 Å². The van der Waals surface area contributed by atoms with E-state index in [0.717, 1.165) is 11.1 Å². The lowest BCUT2D eigenvalue weighted by atomic mass is 10.1. The van der Waals surface area contributed by atoms with Crippen molar-refractivity contribution >= 4 is 33.7 Å². The molecule has 0 unspecified atom stereocenters. The van der Waals surface area contributed by atoms with E-state index in [2.05, 4.69) is 9.69 Å². The second kappa shape index (κ2) is 13.7. The van der Waals surface area contributed by atoms with E-state index in [1.807, 2.05) is 89.2 Å². The molecule has 0 aliphatic carbocycles. The molecule has 2 heterocycles. The minimum Gasteiger partial charge on any atom is -0.444 e. The van der Waals surface area contributed by atoms with Gasteiger partial charge in [0, 0.05) is 31.6 Å². The quantitative estimate of drug-likeness (QED) is 0.231. The van der Waals surface area contributed by atoms with Gasteiger partial charge >= 0.3 is 6.09 Å². The maximum absolute atomic E-state index is 13.5. The number of carbonyl (C=O) groups excluding carboxylic acids is 2. The molecule has 2 aromatic heterocycles. The Kier molecular flexibility index (Phi) is 10.1. The molecule has 0 atom stereocenters. The number of nitrogens with zero attached hydrogens (tertiary/aromatic N) is 4. The molecule has 0 saturated carbocycles. The summed E-state index contributed by atoms with van der Waals surface area (Å²) < 4.78 is 11.4. The van der Waals surface area contributed by atoms with Gasteiger partial charge in [0.2, 0.25) is 0 Å². The van der Waals surface area contributed by atoms with Gasteiger partial charge in [-0.2, -0.15) is 4.37 Å². The highest BCUT2D eigenvalue weighted by molar-refractivity contribution is 7.12. The van der Waals surface area contributed by atoms with Crippen molar-refractivity contribution in [2.45, 2.75) is 66.0 Å². The van der Waals surface area contributed by atoms with Crippen LogP contribution in [-0.4, -0.2) is 56.1 Å². The van der Waals surface area contributed by atoms with Gasteiger partial charge < -0.3 is 15.0 Å². The molecule has 0 bridgehead atoms. The van der Waals surface area contributed by atoms with Crippen molar-refractivity contribution in [1.29, 1.82) is 0 Å². The predicted octanol–water partition coefficient (Wildman–Crippen LogP) is 5.51. The lowest BCUT2D eigenvalue weighted by Gasteiger charge is -2.24. The van der Waals surface area contributed by atoms with Crippen molar-refractivity contribution < 1.29 is 14.3 Å². The molecule has 0 aliphatic rings. The number of alkyl carbamates (subject to hydrolysis) is 1. The summed E-state index contributed by atoms with van der Waals surface area (Å²) in [5.74, 6) is 0.602. The van der Waals surface area contributed by atoms with E-state index < -0.39 is 11.7 Å². The molecule has 0 spiro atoms. The number of hydrogen-bond donors (Lipinski definition) is 1. The molecule has 0 saturated heterocycles. The van der Waals surface area contributed by atoms with Crippen LogP contribution in [-0.2, 0) is 17.7 Å². The zero-order chi connectivity index (χ0) is 30.3. The van der Waals surface area contributed by atoms with E-state index in [9.17, 15) is 14.4 Å². The van der Waals surface area contributed by atoms with Crippen LogP contribution in [0.15, 0.2) is 59.4 Å². The summed E-state index contributed by atoms with van der Waals surface area (Å²) in [7, 11) is 0. The second-order valence-electron chi connectivity index (χ2n) is 11.4. The Morgan fingerprint density at radius 1 is 1.00 bits per heavy atom. The number of carbonyl (C=O) groups is 2. The molecule has 10 heteroatoms. The second-order valence-corrected chi connectivity index (χ2v) is 12.1. The number of aryl methyl sites for hydroxylation is 3. The van der Waals surface area contributed by atoms with Crippen molar-refractivity contribution in [2.24, 2.45) is 0 Å². The lowest BCUT2D eigenvalue weighted by Crippen LogP contribution is -2.37. The number of aromatic nitrogens is 3. The topological polar surface area (TPSA) is 106 Å². The molecular weight excluding hydrogens is 550 g/mol. The Labute approximate surface area is 250 Å². The molecule has 9 nitrogen and oxygen atoms in total. The molecule has 2 amide bonds. The van der Waals surface area contributed by atoms with E-state index in [4.69, 9.17) is 9.72 Å². The molecule has 0 fully saturated rings. The van der Waals surface area contributed by atoms with E-state index >= 15 is 0 Å². The lowest BCUT2D eigenvalue weighted by molar-refractivity contribution is 0.0525.